The number of ether oxygens (including phenoxy) is 2. The molecule has 3 rings (SSSR count). The van der Waals surface area contributed by atoms with Crippen LogP contribution in [0.4, 0.5) is 5.69 Å². The quantitative estimate of drug-likeness (QED) is 0.813. The molecule has 0 fully saturated rings. The number of rotatable bonds is 4. The third-order valence-electron chi connectivity index (χ3n) is 4.01. The lowest BCUT2D eigenvalue weighted by molar-refractivity contribution is 0.0982. The number of anilines is 1. The van der Waals surface area contributed by atoms with Gasteiger partial charge in [-0.05, 0) is 30.3 Å². The standard InChI is InChI=1S/C17H16ClNO5S/c1-23-12-4-5-13-14(10-12)19(8-7-15(13)20)25(21,22)17-9-11(18)3-6-16(17)24-2/h3-6,9-10H,7-8H2,1-2H3. The Morgan fingerprint density at radius 1 is 1.08 bits per heavy atom. The Labute approximate surface area is 151 Å². The number of Topliss-reactive ketones (excluding diaryl/α,β-unsaturated/α-hetero) is 1. The minimum Gasteiger partial charge on any atom is -0.497 e. The zero-order chi connectivity index (χ0) is 18.2. The van der Waals surface area contributed by atoms with E-state index in [0.717, 1.165) is 0 Å². The second-order valence-corrected chi connectivity index (χ2v) is 7.70. The first-order valence-electron chi connectivity index (χ1n) is 7.46. The minimum atomic E-state index is -3.97. The first-order valence-corrected chi connectivity index (χ1v) is 9.28. The third-order valence-corrected chi connectivity index (χ3v) is 6.08. The molecule has 0 aromatic heterocycles. The van der Waals surface area contributed by atoms with Crippen molar-refractivity contribution in [2.45, 2.75) is 11.3 Å². The summed E-state index contributed by atoms with van der Waals surface area (Å²) in [6, 6.07) is 9.14. The Kier molecular flexibility index (Phi) is 4.62. The van der Waals surface area contributed by atoms with Gasteiger partial charge in [0.05, 0.1) is 19.9 Å². The Morgan fingerprint density at radius 2 is 1.84 bits per heavy atom. The van der Waals surface area contributed by atoms with Crippen LogP contribution >= 0.6 is 11.6 Å². The van der Waals surface area contributed by atoms with Crippen LogP contribution in [0.25, 0.3) is 0 Å². The van der Waals surface area contributed by atoms with Crippen molar-refractivity contribution < 1.29 is 22.7 Å². The van der Waals surface area contributed by atoms with Crippen LogP contribution in [0, 0.1) is 0 Å². The van der Waals surface area contributed by atoms with E-state index >= 15 is 0 Å². The highest BCUT2D eigenvalue weighted by Crippen LogP contribution is 2.37. The van der Waals surface area contributed by atoms with Crippen molar-refractivity contribution in [3.05, 3.63) is 47.0 Å². The van der Waals surface area contributed by atoms with Crippen LogP contribution in [0.5, 0.6) is 11.5 Å². The molecule has 0 atom stereocenters. The maximum absolute atomic E-state index is 13.2. The summed E-state index contributed by atoms with van der Waals surface area (Å²) in [5.74, 6) is 0.541. The highest BCUT2D eigenvalue weighted by atomic mass is 35.5. The lowest BCUT2D eigenvalue weighted by Gasteiger charge is -2.30. The number of fused-ring (bicyclic) bond motifs is 1. The molecule has 25 heavy (non-hydrogen) atoms. The Balaban J connectivity index is 2.19. The fourth-order valence-corrected chi connectivity index (χ4v) is 4.66. The van der Waals surface area contributed by atoms with Crippen molar-refractivity contribution in [3.63, 3.8) is 0 Å². The molecule has 0 spiro atoms. The zero-order valence-corrected chi connectivity index (χ0v) is 15.2. The van der Waals surface area contributed by atoms with Crippen LogP contribution in [0.15, 0.2) is 41.3 Å². The fourth-order valence-electron chi connectivity index (χ4n) is 2.76. The monoisotopic (exact) mass is 381 g/mol. The predicted octanol–water partition coefficient (Wildman–Crippen LogP) is 3.14. The SMILES string of the molecule is COc1ccc2c(c1)N(S(=O)(=O)c1cc(Cl)ccc1OC)CCC2=O. The molecule has 0 amide bonds. The Bertz CT molecular complexity index is 942. The number of carbonyl (C=O) groups excluding carboxylic acids is 1. The van der Waals surface area contributed by atoms with Crippen LogP contribution in [0.1, 0.15) is 16.8 Å². The van der Waals surface area contributed by atoms with E-state index in [1.165, 1.54) is 30.7 Å². The number of carbonyl (C=O) groups is 1. The first kappa shape index (κ1) is 17.6. The van der Waals surface area contributed by atoms with E-state index < -0.39 is 10.0 Å². The molecule has 0 bridgehead atoms. The van der Waals surface area contributed by atoms with E-state index in [1.54, 1.807) is 24.3 Å². The van der Waals surface area contributed by atoms with Gasteiger partial charge in [-0.1, -0.05) is 11.6 Å². The molecule has 8 heteroatoms. The van der Waals surface area contributed by atoms with Crippen molar-refractivity contribution in [3.8, 4) is 11.5 Å². The first-order chi connectivity index (χ1) is 11.9. The average Bonchev–Trinajstić information content (AvgIpc) is 2.61. The Morgan fingerprint density at radius 3 is 2.52 bits per heavy atom. The summed E-state index contributed by atoms with van der Waals surface area (Å²) < 4.78 is 38.0. The normalized spacial score (nSPS) is 14.2. The summed E-state index contributed by atoms with van der Waals surface area (Å²) in [4.78, 5) is 12.1. The van der Waals surface area contributed by atoms with E-state index in [1.807, 2.05) is 0 Å². The highest BCUT2D eigenvalue weighted by Gasteiger charge is 2.34. The summed E-state index contributed by atoms with van der Waals surface area (Å²) in [6.45, 7) is 0.0387. The number of hydrogen-bond acceptors (Lipinski definition) is 5. The summed E-state index contributed by atoms with van der Waals surface area (Å²) in [5, 5.41) is 0.276. The van der Waals surface area contributed by atoms with Gasteiger partial charge in [-0.25, -0.2) is 8.42 Å². The number of nitrogens with zero attached hydrogens (tertiary/aromatic N) is 1. The molecule has 2 aromatic rings. The average molecular weight is 382 g/mol. The maximum atomic E-state index is 13.2. The molecule has 0 saturated carbocycles. The summed E-state index contributed by atoms with van der Waals surface area (Å²) in [7, 11) is -1.11. The van der Waals surface area contributed by atoms with Crippen molar-refractivity contribution in [1.29, 1.82) is 0 Å². The van der Waals surface area contributed by atoms with Crippen LogP contribution in [-0.2, 0) is 10.0 Å². The van der Waals surface area contributed by atoms with E-state index in [0.29, 0.717) is 11.3 Å². The molecule has 132 valence electrons. The van der Waals surface area contributed by atoms with Gasteiger partial charge < -0.3 is 9.47 Å². The molecular weight excluding hydrogens is 366 g/mol. The van der Waals surface area contributed by atoms with Gasteiger partial charge in [0, 0.05) is 29.6 Å². The smallest absolute Gasteiger partial charge is 0.268 e. The molecule has 0 radical (unpaired) electrons. The van der Waals surface area contributed by atoms with E-state index in [4.69, 9.17) is 21.1 Å². The lowest BCUT2D eigenvalue weighted by atomic mass is 10.0. The topological polar surface area (TPSA) is 72.9 Å². The van der Waals surface area contributed by atoms with Crippen molar-refractivity contribution in [2.24, 2.45) is 0 Å². The lowest BCUT2D eigenvalue weighted by Crippen LogP contribution is -2.37. The molecule has 0 unspecified atom stereocenters. The van der Waals surface area contributed by atoms with E-state index in [-0.39, 0.29) is 40.1 Å². The van der Waals surface area contributed by atoms with Gasteiger partial charge in [0.1, 0.15) is 16.4 Å². The molecule has 0 N–H and O–H groups in total. The summed E-state index contributed by atoms with van der Waals surface area (Å²) in [6.07, 6.45) is 0.0987. The number of halogens is 1. The van der Waals surface area contributed by atoms with Gasteiger partial charge in [0.25, 0.3) is 10.0 Å². The van der Waals surface area contributed by atoms with Gasteiger partial charge in [0.2, 0.25) is 0 Å². The number of ketones is 1. The van der Waals surface area contributed by atoms with Gasteiger partial charge in [-0.3, -0.25) is 9.10 Å². The maximum Gasteiger partial charge on any atom is 0.268 e. The number of methoxy groups -OCH3 is 2. The second kappa shape index (κ2) is 6.57. The van der Waals surface area contributed by atoms with E-state index in [2.05, 4.69) is 0 Å². The van der Waals surface area contributed by atoms with E-state index in [9.17, 15) is 13.2 Å². The molecular formula is C17H16ClNO5S. The third kappa shape index (κ3) is 3.05. The van der Waals surface area contributed by atoms with Gasteiger partial charge in [0.15, 0.2) is 5.78 Å². The fraction of sp³-hybridized carbons (Fsp3) is 0.235. The van der Waals surface area contributed by atoms with Crippen molar-refractivity contribution >= 4 is 33.1 Å². The van der Waals surface area contributed by atoms with Crippen molar-refractivity contribution in [1.82, 2.24) is 0 Å². The summed E-state index contributed by atoms with van der Waals surface area (Å²) in [5.41, 5.74) is 0.634. The molecule has 1 aliphatic rings. The highest BCUT2D eigenvalue weighted by molar-refractivity contribution is 7.93. The van der Waals surface area contributed by atoms with Crippen LogP contribution in [0.2, 0.25) is 5.02 Å². The van der Waals surface area contributed by atoms with Crippen LogP contribution in [-0.4, -0.2) is 35.0 Å². The molecule has 0 saturated heterocycles. The van der Waals surface area contributed by atoms with Gasteiger partial charge >= 0.3 is 0 Å². The number of sulfonamides is 1. The Hall–Kier alpha value is -2.25. The molecule has 1 aliphatic heterocycles. The molecule has 2 aromatic carbocycles. The zero-order valence-electron chi connectivity index (χ0n) is 13.7. The molecule has 1 heterocycles. The molecule has 6 nitrogen and oxygen atoms in total. The van der Waals surface area contributed by atoms with Gasteiger partial charge in [-0.2, -0.15) is 0 Å². The minimum absolute atomic E-state index is 0.0387. The number of benzene rings is 2. The second-order valence-electron chi connectivity index (χ2n) is 5.43. The predicted molar refractivity (Wildman–Crippen MR) is 94.5 cm³/mol. The summed E-state index contributed by atoms with van der Waals surface area (Å²) >= 11 is 5.98. The van der Waals surface area contributed by atoms with Crippen LogP contribution < -0.4 is 13.8 Å². The molecule has 0 aliphatic carbocycles. The largest absolute Gasteiger partial charge is 0.497 e. The number of hydrogen-bond donors (Lipinski definition) is 0. The van der Waals surface area contributed by atoms with Gasteiger partial charge in [-0.15, -0.1) is 0 Å². The van der Waals surface area contributed by atoms with Crippen molar-refractivity contribution in [2.75, 3.05) is 25.1 Å². The van der Waals surface area contributed by atoms with Crippen LogP contribution in [0.3, 0.4) is 0 Å².